The smallest absolute Gasteiger partial charge is 0.320 e. The molecule has 2 fully saturated rings. The number of benzene rings is 1. The van der Waals surface area contributed by atoms with Crippen LogP contribution in [0.25, 0.3) is 0 Å². The molecule has 1 saturated heterocycles. The molecule has 0 aromatic heterocycles. The van der Waals surface area contributed by atoms with Gasteiger partial charge in [0.1, 0.15) is 6.04 Å². The molecule has 1 saturated carbocycles. The van der Waals surface area contributed by atoms with E-state index in [1.54, 1.807) is 11.8 Å². The number of thioether (sulfide) groups is 1. The average molecular weight is 305 g/mol. The summed E-state index contributed by atoms with van der Waals surface area (Å²) in [6.45, 7) is 0.771. The Morgan fingerprint density at radius 1 is 1.29 bits per heavy atom. The molecular formula is C17H23NO2S. The third-order valence-corrected chi connectivity index (χ3v) is 5.77. The minimum absolute atomic E-state index is 0.293. The second-order valence-electron chi connectivity index (χ2n) is 6.22. The standard InChI is InChI=1S/C17H23NO2S/c1-21-14-8-6-12(7-9-14)11-18-15-5-3-2-4-13(15)10-16(18)17(19)20/h6-9,13,15-16H,2-5,10-11H2,1H3,(H,19,20). The molecule has 21 heavy (non-hydrogen) atoms. The number of rotatable bonds is 4. The van der Waals surface area contributed by atoms with Crippen LogP contribution in [0.15, 0.2) is 29.2 Å². The van der Waals surface area contributed by atoms with Gasteiger partial charge in [0.05, 0.1) is 0 Å². The van der Waals surface area contributed by atoms with Crippen molar-refractivity contribution in [3.63, 3.8) is 0 Å². The number of likely N-dealkylation sites (tertiary alicyclic amines) is 1. The van der Waals surface area contributed by atoms with E-state index >= 15 is 0 Å². The van der Waals surface area contributed by atoms with E-state index in [0.717, 1.165) is 19.4 Å². The Balaban J connectivity index is 1.77. The molecule has 1 N–H and O–H groups in total. The molecule has 4 heteroatoms. The summed E-state index contributed by atoms with van der Waals surface area (Å²) in [6, 6.07) is 8.72. The highest BCUT2D eigenvalue weighted by molar-refractivity contribution is 7.98. The van der Waals surface area contributed by atoms with Crippen LogP contribution in [0.2, 0.25) is 0 Å². The van der Waals surface area contributed by atoms with Crippen LogP contribution in [-0.2, 0) is 11.3 Å². The summed E-state index contributed by atoms with van der Waals surface area (Å²) >= 11 is 1.74. The number of nitrogens with zero attached hydrogens (tertiary/aromatic N) is 1. The number of fused-ring (bicyclic) bond motifs is 1. The van der Waals surface area contributed by atoms with Crippen molar-refractivity contribution in [2.75, 3.05) is 6.26 Å². The molecule has 1 heterocycles. The van der Waals surface area contributed by atoms with Gasteiger partial charge in [0.25, 0.3) is 0 Å². The molecule has 1 aromatic carbocycles. The molecule has 1 aliphatic carbocycles. The summed E-state index contributed by atoms with van der Waals surface area (Å²) in [5, 5.41) is 9.55. The van der Waals surface area contributed by atoms with Gasteiger partial charge in [-0.05, 0) is 49.1 Å². The molecule has 0 amide bonds. The number of carboxylic acids is 1. The Bertz CT molecular complexity index is 502. The SMILES string of the molecule is CSc1ccc(CN2C(C(=O)O)CC3CCCCC32)cc1. The average Bonchev–Trinajstić information content (AvgIpc) is 2.87. The molecule has 0 radical (unpaired) electrons. The number of carbonyl (C=O) groups is 1. The van der Waals surface area contributed by atoms with Crippen molar-refractivity contribution < 1.29 is 9.90 Å². The van der Waals surface area contributed by atoms with Crippen LogP contribution >= 0.6 is 11.8 Å². The highest BCUT2D eigenvalue weighted by Crippen LogP contribution is 2.40. The summed E-state index contributed by atoms with van der Waals surface area (Å²) in [5.41, 5.74) is 1.23. The van der Waals surface area contributed by atoms with Gasteiger partial charge in [0.15, 0.2) is 0 Å². The van der Waals surface area contributed by atoms with E-state index in [2.05, 4.69) is 35.4 Å². The Labute approximate surface area is 130 Å². The van der Waals surface area contributed by atoms with Crippen molar-refractivity contribution in [1.29, 1.82) is 0 Å². The Morgan fingerprint density at radius 3 is 2.67 bits per heavy atom. The Kier molecular flexibility index (Phi) is 4.55. The lowest BCUT2D eigenvalue weighted by atomic mass is 9.84. The number of hydrogen-bond donors (Lipinski definition) is 1. The highest BCUT2D eigenvalue weighted by Gasteiger charge is 2.44. The zero-order chi connectivity index (χ0) is 14.8. The predicted octanol–water partition coefficient (Wildman–Crippen LogP) is 3.63. The van der Waals surface area contributed by atoms with Gasteiger partial charge in [-0.1, -0.05) is 25.0 Å². The molecule has 3 unspecified atom stereocenters. The molecule has 0 spiro atoms. The largest absolute Gasteiger partial charge is 0.480 e. The predicted molar refractivity (Wildman–Crippen MR) is 85.6 cm³/mol. The summed E-state index contributed by atoms with van der Waals surface area (Å²) in [5.74, 6) is -0.0598. The van der Waals surface area contributed by atoms with Gasteiger partial charge in [-0.3, -0.25) is 9.69 Å². The maximum Gasteiger partial charge on any atom is 0.320 e. The number of hydrogen-bond acceptors (Lipinski definition) is 3. The summed E-state index contributed by atoms with van der Waals surface area (Å²) in [7, 11) is 0. The van der Waals surface area contributed by atoms with Gasteiger partial charge in [-0.15, -0.1) is 11.8 Å². The Hall–Kier alpha value is -1.00. The van der Waals surface area contributed by atoms with E-state index in [9.17, 15) is 9.90 Å². The number of aliphatic carboxylic acids is 1. The van der Waals surface area contributed by atoms with Crippen LogP contribution in [0.4, 0.5) is 0 Å². The molecule has 3 rings (SSSR count). The van der Waals surface area contributed by atoms with Crippen molar-refractivity contribution in [1.82, 2.24) is 4.90 Å². The summed E-state index contributed by atoms with van der Waals surface area (Å²) < 4.78 is 0. The van der Waals surface area contributed by atoms with Gasteiger partial charge in [0, 0.05) is 17.5 Å². The second kappa shape index (κ2) is 6.41. The second-order valence-corrected chi connectivity index (χ2v) is 7.10. The van der Waals surface area contributed by atoms with E-state index in [1.165, 1.54) is 29.7 Å². The molecule has 0 bridgehead atoms. The maximum absolute atomic E-state index is 11.6. The monoisotopic (exact) mass is 305 g/mol. The third-order valence-electron chi connectivity index (χ3n) is 5.03. The quantitative estimate of drug-likeness (QED) is 0.863. The fourth-order valence-corrected chi connectivity index (χ4v) is 4.37. The van der Waals surface area contributed by atoms with Crippen molar-refractivity contribution in [2.45, 2.75) is 55.6 Å². The highest BCUT2D eigenvalue weighted by atomic mass is 32.2. The van der Waals surface area contributed by atoms with E-state index in [0.29, 0.717) is 12.0 Å². The molecule has 3 nitrogen and oxygen atoms in total. The van der Waals surface area contributed by atoms with Gasteiger partial charge in [0.2, 0.25) is 0 Å². The van der Waals surface area contributed by atoms with Crippen LogP contribution in [0.5, 0.6) is 0 Å². The molecule has 114 valence electrons. The molecular weight excluding hydrogens is 282 g/mol. The molecule has 1 aliphatic heterocycles. The molecule has 3 atom stereocenters. The van der Waals surface area contributed by atoms with Crippen molar-refractivity contribution in [3.8, 4) is 0 Å². The summed E-state index contributed by atoms with van der Waals surface area (Å²) in [6.07, 6.45) is 7.79. The van der Waals surface area contributed by atoms with Crippen LogP contribution in [0, 0.1) is 5.92 Å². The lowest BCUT2D eigenvalue weighted by molar-refractivity contribution is -0.142. The zero-order valence-corrected chi connectivity index (χ0v) is 13.3. The fraction of sp³-hybridized carbons (Fsp3) is 0.588. The van der Waals surface area contributed by atoms with Crippen LogP contribution in [-0.4, -0.2) is 34.3 Å². The topological polar surface area (TPSA) is 40.5 Å². The first-order valence-electron chi connectivity index (χ1n) is 7.80. The zero-order valence-electron chi connectivity index (χ0n) is 12.5. The summed E-state index contributed by atoms with van der Waals surface area (Å²) in [4.78, 5) is 15.1. The van der Waals surface area contributed by atoms with E-state index in [-0.39, 0.29) is 6.04 Å². The normalized spacial score (nSPS) is 29.3. The van der Waals surface area contributed by atoms with Gasteiger partial charge >= 0.3 is 5.97 Å². The van der Waals surface area contributed by atoms with Crippen molar-refractivity contribution >= 4 is 17.7 Å². The molecule has 1 aromatic rings. The van der Waals surface area contributed by atoms with Crippen molar-refractivity contribution in [3.05, 3.63) is 29.8 Å². The Morgan fingerprint density at radius 2 is 2.00 bits per heavy atom. The van der Waals surface area contributed by atoms with Gasteiger partial charge < -0.3 is 5.11 Å². The van der Waals surface area contributed by atoms with E-state index in [1.807, 2.05) is 0 Å². The van der Waals surface area contributed by atoms with E-state index in [4.69, 9.17) is 0 Å². The minimum Gasteiger partial charge on any atom is -0.480 e. The minimum atomic E-state index is -0.648. The first-order chi connectivity index (χ1) is 10.2. The van der Waals surface area contributed by atoms with Gasteiger partial charge in [-0.25, -0.2) is 0 Å². The van der Waals surface area contributed by atoms with Crippen LogP contribution in [0.3, 0.4) is 0 Å². The third kappa shape index (κ3) is 3.11. The van der Waals surface area contributed by atoms with Crippen LogP contribution in [0.1, 0.15) is 37.7 Å². The lowest BCUT2D eigenvalue weighted by Gasteiger charge is -2.33. The van der Waals surface area contributed by atoms with E-state index < -0.39 is 5.97 Å². The van der Waals surface area contributed by atoms with Gasteiger partial charge in [-0.2, -0.15) is 0 Å². The lowest BCUT2D eigenvalue weighted by Crippen LogP contribution is -2.41. The molecule has 2 aliphatic rings. The first-order valence-corrected chi connectivity index (χ1v) is 9.03. The van der Waals surface area contributed by atoms with Crippen LogP contribution < -0.4 is 0 Å². The first kappa shape index (κ1) is 14.9. The van der Waals surface area contributed by atoms with Crippen molar-refractivity contribution in [2.24, 2.45) is 5.92 Å². The number of carboxylic acid groups (broad SMARTS) is 1. The fourth-order valence-electron chi connectivity index (χ4n) is 3.96. The maximum atomic E-state index is 11.6.